The van der Waals surface area contributed by atoms with E-state index in [2.05, 4.69) is 32.0 Å². The minimum absolute atomic E-state index is 0.144. The van der Waals surface area contributed by atoms with Crippen molar-refractivity contribution in [3.8, 4) is 11.1 Å². The van der Waals surface area contributed by atoms with E-state index in [1.54, 1.807) is 13.0 Å². The largest absolute Gasteiger partial charge is 0.300 e. The number of hydrogen-bond donors (Lipinski definition) is 0. The Labute approximate surface area is 161 Å². The smallest absolute Gasteiger partial charge is 0.242 e. The van der Waals surface area contributed by atoms with Gasteiger partial charge in [0.15, 0.2) is 0 Å². The summed E-state index contributed by atoms with van der Waals surface area (Å²) in [5.41, 5.74) is 6.25. The van der Waals surface area contributed by atoms with E-state index >= 15 is 0 Å². The lowest BCUT2D eigenvalue weighted by molar-refractivity contribution is -0.117. The molecule has 146 valence electrons. The van der Waals surface area contributed by atoms with Crippen LogP contribution in [0.1, 0.15) is 68.2 Å². The molecule has 0 radical (unpaired) electrons. The van der Waals surface area contributed by atoms with Gasteiger partial charge in [-0.15, -0.1) is 0 Å². The minimum atomic E-state index is -2.35. The minimum Gasteiger partial charge on any atom is -0.300 e. The van der Waals surface area contributed by atoms with E-state index in [4.69, 9.17) is 0 Å². The fourth-order valence-corrected chi connectivity index (χ4v) is 3.55. The van der Waals surface area contributed by atoms with Gasteiger partial charge in [0.2, 0.25) is 6.43 Å². The number of Topliss-reactive ketones (excluding diaryl/α,β-unsaturated/α-hetero) is 1. The molecule has 1 atom stereocenters. The average molecular weight is 372 g/mol. The van der Waals surface area contributed by atoms with E-state index in [1.807, 2.05) is 19.1 Å². The molecule has 0 aliphatic rings. The van der Waals surface area contributed by atoms with Crippen LogP contribution in [0, 0.1) is 6.92 Å². The molecule has 0 spiro atoms. The number of halogens is 2. The number of unbranched alkanes of at least 4 members (excludes halogenated alkanes) is 1. The normalized spacial score (nSPS) is 12.4. The van der Waals surface area contributed by atoms with Gasteiger partial charge in [-0.25, -0.2) is 8.78 Å². The first-order chi connectivity index (χ1) is 12.8. The van der Waals surface area contributed by atoms with Crippen LogP contribution in [0.25, 0.3) is 11.1 Å². The van der Waals surface area contributed by atoms with Gasteiger partial charge >= 0.3 is 0 Å². The summed E-state index contributed by atoms with van der Waals surface area (Å²) in [5, 5.41) is 0. The molecule has 0 aromatic heterocycles. The standard InChI is InChI=1S/C24H30F2O/c1-5-6-7-20-10-11-21(17(3)12-18(4)27)15-23(20)22-13-19(14-24(25)26)9-8-16(22)2/h8-11,13,15,17,24H,5-7,12,14H2,1-4H3. The number of carbonyl (C=O) groups is 1. The lowest BCUT2D eigenvalue weighted by Crippen LogP contribution is -2.03. The molecule has 0 heterocycles. The molecule has 0 bridgehead atoms. The number of alkyl halides is 2. The Hall–Kier alpha value is -2.03. The third kappa shape index (κ3) is 5.98. The Kier molecular flexibility index (Phi) is 7.70. The lowest BCUT2D eigenvalue weighted by atomic mass is 9.87. The van der Waals surface area contributed by atoms with Gasteiger partial charge < -0.3 is 4.79 Å². The van der Waals surface area contributed by atoms with Crippen LogP contribution in [-0.4, -0.2) is 12.2 Å². The summed E-state index contributed by atoms with van der Waals surface area (Å²) in [4.78, 5) is 11.5. The third-order valence-electron chi connectivity index (χ3n) is 5.08. The van der Waals surface area contributed by atoms with Crippen molar-refractivity contribution in [3.05, 3.63) is 58.7 Å². The third-order valence-corrected chi connectivity index (χ3v) is 5.08. The Balaban J connectivity index is 2.52. The van der Waals surface area contributed by atoms with Crippen LogP contribution in [0.4, 0.5) is 8.78 Å². The number of benzene rings is 2. The first-order valence-electron chi connectivity index (χ1n) is 9.82. The predicted octanol–water partition coefficient (Wildman–Crippen LogP) is 6.89. The summed E-state index contributed by atoms with van der Waals surface area (Å²) in [5.74, 6) is 0.320. The van der Waals surface area contributed by atoms with Crippen molar-refractivity contribution in [2.24, 2.45) is 0 Å². The molecule has 0 amide bonds. The molecular formula is C24H30F2O. The maximum Gasteiger partial charge on any atom is 0.242 e. The zero-order valence-corrected chi connectivity index (χ0v) is 16.8. The highest BCUT2D eigenvalue weighted by Gasteiger charge is 2.15. The Morgan fingerprint density at radius 2 is 1.81 bits per heavy atom. The summed E-state index contributed by atoms with van der Waals surface area (Å²) >= 11 is 0. The molecule has 0 N–H and O–H groups in total. The van der Waals surface area contributed by atoms with Gasteiger partial charge in [-0.3, -0.25) is 0 Å². The van der Waals surface area contributed by atoms with Crippen LogP contribution in [0.5, 0.6) is 0 Å². The van der Waals surface area contributed by atoms with Gasteiger partial charge in [0.1, 0.15) is 5.78 Å². The van der Waals surface area contributed by atoms with Crippen LogP contribution in [0.2, 0.25) is 0 Å². The molecular weight excluding hydrogens is 342 g/mol. The van der Waals surface area contributed by atoms with Crippen molar-refractivity contribution >= 4 is 5.78 Å². The number of hydrogen-bond acceptors (Lipinski definition) is 1. The van der Waals surface area contributed by atoms with Crippen molar-refractivity contribution in [1.29, 1.82) is 0 Å². The quantitative estimate of drug-likeness (QED) is 0.468. The molecule has 3 heteroatoms. The maximum absolute atomic E-state index is 12.9. The van der Waals surface area contributed by atoms with Crippen LogP contribution >= 0.6 is 0 Å². The molecule has 1 unspecified atom stereocenters. The van der Waals surface area contributed by atoms with E-state index in [9.17, 15) is 13.6 Å². The predicted molar refractivity (Wildman–Crippen MR) is 109 cm³/mol. The van der Waals surface area contributed by atoms with E-state index in [-0.39, 0.29) is 18.1 Å². The SMILES string of the molecule is CCCCc1ccc(C(C)CC(C)=O)cc1-c1cc(CC(F)F)ccc1C. The van der Waals surface area contributed by atoms with Gasteiger partial charge in [-0.05, 0) is 66.0 Å². The Morgan fingerprint density at radius 1 is 1.07 bits per heavy atom. The van der Waals surface area contributed by atoms with E-state index < -0.39 is 6.43 Å². The maximum atomic E-state index is 12.9. The summed E-state index contributed by atoms with van der Waals surface area (Å²) in [7, 11) is 0. The summed E-state index contributed by atoms with van der Waals surface area (Å²) < 4.78 is 25.7. The summed E-state index contributed by atoms with van der Waals surface area (Å²) in [6.45, 7) is 7.87. The Morgan fingerprint density at radius 3 is 2.44 bits per heavy atom. The van der Waals surface area contributed by atoms with Crippen molar-refractivity contribution in [3.63, 3.8) is 0 Å². The van der Waals surface area contributed by atoms with Crippen molar-refractivity contribution < 1.29 is 13.6 Å². The molecule has 0 saturated carbocycles. The number of carbonyl (C=O) groups excluding carboxylic acids is 1. The molecule has 0 aliphatic heterocycles. The van der Waals surface area contributed by atoms with E-state index in [1.165, 1.54) is 5.56 Å². The molecule has 27 heavy (non-hydrogen) atoms. The van der Waals surface area contributed by atoms with E-state index in [0.29, 0.717) is 12.0 Å². The molecule has 2 aromatic rings. The van der Waals surface area contributed by atoms with Crippen molar-refractivity contribution in [1.82, 2.24) is 0 Å². The summed E-state index contributed by atoms with van der Waals surface area (Å²) in [6, 6.07) is 12.1. The number of aryl methyl sites for hydroxylation is 2. The van der Waals surface area contributed by atoms with Gasteiger partial charge in [-0.2, -0.15) is 0 Å². The van der Waals surface area contributed by atoms with Gasteiger partial charge in [0.25, 0.3) is 0 Å². The molecule has 2 rings (SSSR count). The second kappa shape index (κ2) is 9.77. The summed E-state index contributed by atoms with van der Waals surface area (Å²) in [6.07, 6.45) is 1.10. The lowest BCUT2D eigenvalue weighted by Gasteiger charge is -2.18. The van der Waals surface area contributed by atoms with Crippen LogP contribution in [0.15, 0.2) is 36.4 Å². The second-order valence-electron chi connectivity index (χ2n) is 7.57. The molecule has 1 nitrogen and oxygen atoms in total. The molecule has 0 saturated heterocycles. The molecule has 0 aliphatic carbocycles. The molecule has 0 fully saturated rings. The average Bonchev–Trinajstić information content (AvgIpc) is 2.60. The fraction of sp³-hybridized carbons (Fsp3) is 0.458. The molecule has 2 aromatic carbocycles. The first kappa shape index (κ1) is 21.3. The number of ketones is 1. The highest BCUT2D eigenvalue weighted by molar-refractivity contribution is 5.77. The van der Waals surface area contributed by atoms with Crippen molar-refractivity contribution in [2.45, 2.75) is 72.1 Å². The van der Waals surface area contributed by atoms with Crippen molar-refractivity contribution in [2.75, 3.05) is 0 Å². The van der Waals surface area contributed by atoms with Gasteiger partial charge in [-0.1, -0.05) is 56.7 Å². The van der Waals surface area contributed by atoms with Crippen LogP contribution in [-0.2, 0) is 17.6 Å². The van der Waals surface area contributed by atoms with Gasteiger partial charge in [0.05, 0.1) is 0 Å². The second-order valence-corrected chi connectivity index (χ2v) is 7.57. The zero-order chi connectivity index (χ0) is 20.0. The van der Waals surface area contributed by atoms with Gasteiger partial charge in [0, 0.05) is 12.8 Å². The highest BCUT2D eigenvalue weighted by atomic mass is 19.3. The monoisotopic (exact) mass is 372 g/mol. The highest BCUT2D eigenvalue weighted by Crippen LogP contribution is 2.33. The Bertz CT molecular complexity index is 780. The van der Waals surface area contributed by atoms with E-state index in [0.717, 1.165) is 41.5 Å². The van der Waals surface area contributed by atoms with Crippen LogP contribution in [0.3, 0.4) is 0 Å². The first-order valence-corrected chi connectivity index (χ1v) is 9.82. The fourth-order valence-electron chi connectivity index (χ4n) is 3.55. The number of rotatable bonds is 9. The van der Waals surface area contributed by atoms with Crippen LogP contribution < -0.4 is 0 Å². The zero-order valence-electron chi connectivity index (χ0n) is 16.8. The topological polar surface area (TPSA) is 17.1 Å².